The Hall–Kier alpha value is -3.19. The summed E-state index contributed by atoms with van der Waals surface area (Å²) >= 11 is 10.9. The third-order valence-electron chi connectivity index (χ3n) is 2.76. The van der Waals surface area contributed by atoms with Crippen LogP contribution >= 0.6 is 23.2 Å². The van der Waals surface area contributed by atoms with Crippen LogP contribution in [-0.2, 0) is 9.78 Å². The fraction of sp³-hybridized carbons (Fsp3) is 0.0625. The van der Waals surface area contributed by atoms with Crippen LogP contribution < -0.4 is 11.2 Å². The predicted molar refractivity (Wildman–Crippen MR) is 102 cm³/mol. The topological polar surface area (TPSA) is 179 Å². The molecule has 164 valence electrons. The van der Waals surface area contributed by atoms with Crippen molar-refractivity contribution in [1.29, 1.82) is 0 Å². The monoisotopic (exact) mass is 470 g/mol. The number of anilines is 2. The number of nitrogen functional groups attached to an aromatic ring is 1. The van der Waals surface area contributed by atoms with Crippen molar-refractivity contribution < 1.29 is 48.7 Å². The molecular formula is C16H14Cl2F2N2O8. The first-order valence-corrected chi connectivity index (χ1v) is 8.03. The van der Waals surface area contributed by atoms with Crippen LogP contribution in [0.15, 0.2) is 24.3 Å². The highest BCUT2D eigenvalue weighted by atomic mass is 35.5. The summed E-state index contributed by atoms with van der Waals surface area (Å²) < 4.78 is 25.6. The second-order valence-electron chi connectivity index (χ2n) is 4.99. The molecular weight excluding hydrogens is 457 g/mol. The first kappa shape index (κ1) is 26.8. The molecule has 0 amide bonds. The van der Waals surface area contributed by atoms with Gasteiger partial charge in [0, 0.05) is 6.92 Å². The highest BCUT2D eigenvalue weighted by Gasteiger charge is 2.14. The molecule has 14 heteroatoms. The van der Waals surface area contributed by atoms with Gasteiger partial charge in [0.25, 0.3) is 5.97 Å². The molecule has 0 radical (unpaired) electrons. The van der Waals surface area contributed by atoms with Crippen LogP contribution in [0.2, 0.25) is 10.0 Å². The van der Waals surface area contributed by atoms with Gasteiger partial charge in [-0.25, -0.2) is 29.1 Å². The van der Waals surface area contributed by atoms with Crippen LogP contribution in [0.4, 0.5) is 20.2 Å². The van der Waals surface area contributed by atoms with E-state index in [0.29, 0.717) is 0 Å². The van der Waals surface area contributed by atoms with Gasteiger partial charge >= 0.3 is 11.9 Å². The number of hydrogen-bond acceptors (Lipinski definition) is 7. The van der Waals surface area contributed by atoms with Crippen LogP contribution in [0.1, 0.15) is 27.6 Å². The first-order chi connectivity index (χ1) is 13.8. The van der Waals surface area contributed by atoms with E-state index in [1.165, 1.54) is 0 Å². The molecule has 0 unspecified atom stereocenters. The lowest BCUT2D eigenvalue weighted by molar-refractivity contribution is -0.215. The van der Waals surface area contributed by atoms with E-state index >= 15 is 0 Å². The normalized spacial score (nSPS) is 9.40. The van der Waals surface area contributed by atoms with E-state index in [4.69, 9.17) is 54.3 Å². The SMILES string of the molecule is CC(=O)O.Nc1cc(C(=O)O)c(Cl)cc1F.O=C(O)c1cc(NOO)c(F)cc1Cl. The summed E-state index contributed by atoms with van der Waals surface area (Å²) in [6, 6.07) is 3.56. The third-order valence-corrected chi connectivity index (χ3v) is 3.38. The van der Waals surface area contributed by atoms with Crippen LogP contribution in [0.5, 0.6) is 0 Å². The first-order valence-electron chi connectivity index (χ1n) is 7.27. The smallest absolute Gasteiger partial charge is 0.337 e. The van der Waals surface area contributed by atoms with Crippen molar-refractivity contribution in [2.45, 2.75) is 6.92 Å². The van der Waals surface area contributed by atoms with E-state index in [-0.39, 0.29) is 32.5 Å². The van der Waals surface area contributed by atoms with E-state index in [1.807, 2.05) is 0 Å². The van der Waals surface area contributed by atoms with E-state index in [0.717, 1.165) is 31.2 Å². The molecule has 10 nitrogen and oxygen atoms in total. The lowest BCUT2D eigenvalue weighted by atomic mass is 10.2. The summed E-state index contributed by atoms with van der Waals surface area (Å²) in [7, 11) is 0. The van der Waals surface area contributed by atoms with Crippen molar-refractivity contribution in [2.24, 2.45) is 0 Å². The molecule has 2 rings (SSSR count). The minimum atomic E-state index is -1.31. The van der Waals surface area contributed by atoms with Crippen molar-refractivity contribution in [3.05, 3.63) is 57.1 Å². The summed E-state index contributed by atoms with van der Waals surface area (Å²) in [4.78, 5) is 33.4. The Morgan fingerprint density at radius 3 is 1.73 bits per heavy atom. The van der Waals surface area contributed by atoms with Crippen molar-refractivity contribution in [1.82, 2.24) is 0 Å². The predicted octanol–water partition coefficient (Wildman–Crippen LogP) is 3.84. The number of carbonyl (C=O) groups is 3. The van der Waals surface area contributed by atoms with Gasteiger partial charge in [-0.2, -0.15) is 0 Å². The maximum Gasteiger partial charge on any atom is 0.337 e. The van der Waals surface area contributed by atoms with Crippen LogP contribution in [-0.4, -0.2) is 38.5 Å². The number of aliphatic carboxylic acids is 1. The number of benzene rings is 2. The molecule has 0 fully saturated rings. The molecule has 0 aliphatic carbocycles. The average molecular weight is 471 g/mol. The number of nitrogens with two attached hydrogens (primary N) is 1. The highest BCUT2D eigenvalue weighted by molar-refractivity contribution is 6.34. The van der Waals surface area contributed by atoms with Gasteiger partial charge in [-0.3, -0.25) is 4.79 Å². The van der Waals surface area contributed by atoms with Gasteiger partial charge in [0.1, 0.15) is 17.3 Å². The average Bonchev–Trinajstić information content (AvgIpc) is 2.60. The minimum Gasteiger partial charge on any atom is -0.481 e. The number of aromatic carboxylic acids is 2. The molecule has 0 saturated heterocycles. The Bertz CT molecular complexity index is 940. The standard InChI is InChI=1S/C7H5ClFNO4.C7H5ClFNO2.C2H4O2/c8-4-2-5(9)6(10-14-13)1-3(4)7(11)12;8-4-2-5(9)6(10)1-3(4)7(11)12;1-2(3)4/h1-2,10,13H,(H,11,12);1-2H,10H2,(H,11,12);1H3,(H,3,4). The van der Waals surface area contributed by atoms with Gasteiger partial charge < -0.3 is 21.1 Å². The molecule has 0 spiro atoms. The fourth-order valence-corrected chi connectivity index (χ4v) is 2.03. The summed E-state index contributed by atoms with van der Waals surface area (Å²) in [5, 5.41) is 32.1. The lowest BCUT2D eigenvalue weighted by Gasteiger charge is -2.05. The second kappa shape index (κ2) is 12.4. The molecule has 0 heterocycles. The van der Waals surface area contributed by atoms with Gasteiger partial charge in [0.15, 0.2) is 0 Å². The zero-order valence-electron chi connectivity index (χ0n) is 14.8. The summed E-state index contributed by atoms with van der Waals surface area (Å²) in [5.74, 6) is -4.93. The molecule has 7 N–H and O–H groups in total. The Labute approximate surface area is 176 Å². The van der Waals surface area contributed by atoms with Gasteiger partial charge in [0.05, 0.1) is 26.9 Å². The van der Waals surface area contributed by atoms with Crippen molar-refractivity contribution in [3.63, 3.8) is 0 Å². The highest BCUT2D eigenvalue weighted by Crippen LogP contribution is 2.24. The number of rotatable bonds is 4. The largest absolute Gasteiger partial charge is 0.481 e. The maximum atomic E-state index is 12.9. The van der Waals surface area contributed by atoms with Crippen molar-refractivity contribution in [2.75, 3.05) is 11.2 Å². The quantitative estimate of drug-likeness (QED) is 0.218. The molecule has 0 aliphatic heterocycles. The van der Waals surface area contributed by atoms with Crippen molar-refractivity contribution in [3.8, 4) is 0 Å². The Morgan fingerprint density at radius 2 is 1.33 bits per heavy atom. The van der Waals surface area contributed by atoms with Crippen LogP contribution in [0.25, 0.3) is 0 Å². The van der Waals surface area contributed by atoms with Gasteiger partial charge in [-0.1, -0.05) is 23.2 Å². The number of nitrogens with one attached hydrogen (secondary N) is 1. The minimum absolute atomic E-state index is 0.158. The lowest BCUT2D eigenvalue weighted by Crippen LogP contribution is -2.04. The molecule has 0 atom stereocenters. The molecule has 0 saturated carbocycles. The fourth-order valence-electron chi connectivity index (χ4n) is 1.57. The van der Waals surface area contributed by atoms with Gasteiger partial charge in [0.2, 0.25) is 0 Å². The summed E-state index contributed by atoms with van der Waals surface area (Å²) in [5.41, 5.74) is 5.84. The van der Waals surface area contributed by atoms with E-state index in [2.05, 4.69) is 4.99 Å². The summed E-state index contributed by atoms with van der Waals surface area (Å²) in [6.45, 7) is 1.08. The van der Waals surface area contributed by atoms with Crippen molar-refractivity contribution >= 4 is 52.5 Å². The van der Waals surface area contributed by atoms with Crippen LogP contribution in [0, 0.1) is 11.6 Å². The summed E-state index contributed by atoms with van der Waals surface area (Å²) in [6.07, 6.45) is 0. The Kier molecular flexibility index (Phi) is 11.1. The second-order valence-corrected chi connectivity index (χ2v) is 5.80. The molecule has 0 bridgehead atoms. The van der Waals surface area contributed by atoms with Gasteiger partial charge in [-0.05, 0) is 24.3 Å². The molecule has 0 aromatic heterocycles. The molecule has 2 aromatic carbocycles. The van der Waals surface area contributed by atoms with E-state index in [9.17, 15) is 18.4 Å². The number of carboxylic acid groups (broad SMARTS) is 3. The molecule has 30 heavy (non-hydrogen) atoms. The zero-order valence-corrected chi connectivity index (χ0v) is 16.3. The van der Waals surface area contributed by atoms with Gasteiger partial charge in [-0.15, -0.1) is 4.99 Å². The number of halogens is 4. The Balaban J connectivity index is 0.000000481. The van der Waals surface area contributed by atoms with E-state index < -0.39 is 29.5 Å². The third kappa shape index (κ3) is 8.87. The molecule has 2 aromatic rings. The number of carboxylic acids is 3. The van der Waals surface area contributed by atoms with Crippen LogP contribution in [0.3, 0.4) is 0 Å². The molecule has 0 aliphatic rings. The number of hydrogen-bond donors (Lipinski definition) is 6. The Morgan fingerprint density at radius 1 is 0.933 bits per heavy atom. The maximum absolute atomic E-state index is 12.9. The van der Waals surface area contributed by atoms with E-state index in [1.54, 1.807) is 5.48 Å². The zero-order chi connectivity index (χ0) is 23.6.